The highest BCUT2D eigenvalue weighted by atomic mass is 19.4. The number of benzene rings is 2. The lowest BCUT2D eigenvalue weighted by molar-refractivity contribution is -0.138. The molecule has 12 nitrogen and oxygen atoms in total. The van der Waals surface area contributed by atoms with Crippen LogP contribution in [-0.2, 0) is 33.2 Å². The first-order valence-electron chi connectivity index (χ1n) is 13.8. The normalized spacial score (nSPS) is 13.5. The van der Waals surface area contributed by atoms with Crippen LogP contribution in [0.4, 0.5) is 32.0 Å². The number of anilines is 1. The van der Waals surface area contributed by atoms with Gasteiger partial charge in [-0.1, -0.05) is 18.2 Å². The molecule has 0 saturated carbocycles. The molecule has 12 N–H and O–H groups in total. The number of alkyl halides is 6. The number of carbonyl (C=O) groups excluding carboxylic acids is 3. The molecule has 254 valence electrons. The van der Waals surface area contributed by atoms with Gasteiger partial charge in [0.15, 0.2) is 0 Å². The van der Waals surface area contributed by atoms with Crippen molar-refractivity contribution in [2.45, 2.75) is 55.7 Å². The summed E-state index contributed by atoms with van der Waals surface area (Å²) in [4.78, 5) is 38.2. The van der Waals surface area contributed by atoms with Crippen molar-refractivity contribution in [3.05, 3.63) is 59.2 Å². The van der Waals surface area contributed by atoms with Gasteiger partial charge in [0.2, 0.25) is 17.7 Å². The Morgan fingerprint density at radius 2 is 1.43 bits per heavy atom. The van der Waals surface area contributed by atoms with Gasteiger partial charge in [-0.2, -0.15) is 26.3 Å². The second kappa shape index (κ2) is 16.2. The molecular formula is C27H35BF6N6O6. The van der Waals surface area contributed by atoms with E-state index in [1.807, 2.05) is 0 Å². The summed E-state index contributed by atoms with van der Waals surface area (Å²) in [6.45, 7) is -0.731. The largest absolute Gasteiger partial charge is 0.488 e. The fourth-order valence-electron chi connectivity index (χ4n) is 3.98. The van der Waals surface area contributed by atoms with Crippen LogP contribution in [0, 0.1) is 0 Å². The molecule has 0 aromatic heterocycles. The van der Waals surface area contributed by atoms with E-state index in [1.54, 1.807) is 0 Å². The molecule has 0 aliphatic carbocycles. The van der Waals surface area contributed by atoms with Gasteiger partial charge in [-0.3, -0.25) is 14.4 Å². The lowest BCUT2D eigenvalue weighted by atomic mass is 9.79. The van der Waals surface area contributed by atoms with Gasteiger partial charge in [0, 0.05) is 31.7 Å². The zero-order valence-electron chi connectivity index (χ0n) is 24.3. The van der Waals surface area contributed by atoms with Crippen molar-refractivity contribution in [3.8, 4) is 0 Å². The molecule has 0 fully saturated rings. The van der Waals surface area contributed by atoms with Crippen LogP contribution in [0.5, 0.6) is 0 Å². The predicted molar refractivity (Wildman–Crippen MR) is 155 cm³/mol. The van der Waals surface area contributed by atoms with Crippen LogP contribution >= 0.6 is 0 Å². The van der Waals surface area contributed by atoms with Crippen LogP contribution in [0.2, 0.25) is 0 Å². The first-order chi connectivity index (χ1) is 21.3. The number of rotatable bonds is 15. The third kappa shape index (κ3) is 11.9. The first kappa shape index (κ1) is 38.4. The number of amides is 3. The van der Waals surface area contributed by atoms with Crippen molar-refractivity contribution in [3.63, 3.8) is 0 Å². The van der Waals surface area contributed by atoms with Gasteiger partial charge in [-0.05, 0) is 54.6 Å². The summed E-state index contributed by atoms with van der Waals surface area (Å²) >= 11 is 0. The molecule has 2 aromatic rings. The molecule has 0 spiro atoms. The number of hydrogen-bond donors (Lipinski definition) is 9. The van der Waals surface area contributed by atoms with E-state index in [1.165, 1.54) is 0 Å². The molecular weight excluding hydrogens is 629 g/mol. The maximum Gasteiger partial charge on any atom is 0.488 e. The number of aryl methyl sites for hydroxylation is 1. The number of halogens is 6. The van der Waals surface area contributed by atoms with Gasteiger partial charge in [-0.15, -0.1) is 0 Å². The van der Waals surface area contributed by atoms with E-state index in [4.69, 9.17) is 17.2 Å². The van der Waals surface area contributed by atoms with Crippen LogP contribution in [0.3, 0.4) is 0 Å². The van der Waals surface area contributed by atoms with Crippen LogP contribution in [0.15, 0.2) is 42.5 Å². The SMILES string of the molecule is NCC(O)(CN)CNC(=O)CCC(N)C(=O)NC(CCc1ccc(C(F)(F)F)cc1)C(=O)Nc1cc(B(O)O)cc(C(F)(F)F)c1. The van der Waals surface area contributed by atoms with E-state index in [-0.39, 0.29) is 45.3 Å². The van der Waals surface area contributed by atoms with Gasteiger partial charge in [-0.25, -0.2) is 0 Å². The Hall–Kier alpha value is -3.75. The monoisotopic (exact) mass is 664 g/mol. The third-order valence-electron chi connectivity index (χ3n) is 6.88. The Labute approximate surface area is 259 Å². The predicted octanol–water partition coefficient (Wildman–Crippen LogP) is -0.668. The Bertz CT molecular complexity index is 1340. The minimum absolute atomic E-state index is 0.0669. The van der Waals surface area contributed by atoms with Gasteiger partial charge in [0.25, 0.3) is 0 Å². The number of hydrogen-bond acceptors (Lipinski definition) is 9. The maximum absolute atomic E-state index is 13.4. The summed E-state index contributed by atoms with van der Waals surface area (Å²) in [5.41, 5.74) is 12.2. The van der Waals surface area contributed by atoms with E-state index in [9.17, 15) is 55.9 Å². The molecule has 19 heteroatoms. The molecule has 2 rings (SSSR count). The Morgan fingerprint density at radius 1 is 0.848 bits per heavy atom. The average molecular weight is 664 g/mol. The van der Waals surface area contributed by atoms with E-state index in [0.29, 0.717) is 17.7 Å². The molecule has 0 aliphatic rings. The van der Waals surface area contributed by atoms with E-state index in [2.05, 4.69) is 16.0 Å². The van der Waals surface area contributed by atoms with Gasteiger partial charge in [0.1, 0.15) is 11.6 Å². The lowest BCUT2D eigenvalue weighted by Gasteiger charge is -2.25. The highest BCUT2D eigenvalue weighted by molar-refractivity contribution is 6.58. The molecule has 46 heavy (non-hydrogen) atoms. The van der Waals surface area contributed by atoms with Crippen LogP contribution in [-0.4, -0.2) is 77.3 Å². The molecule has 2 aromatic carbocycles. The zero-order chi connectivity index (χ0) is 34.9. The van der Waals surface area contributed by atoms with Crippen molar-refractivity contribution in [1.82, 2.24) is 10.6 Å². The second-order valence-corrected chi connectivity index (χ2v) is 10.6. The maximum atomic E-state index is 13.4. The summed E-state index contributed by atoms with van der Waals surface area (Å²) in [6.07, 6.45) is -10.4. The Kier molecular flexibility index (Phi) is 13.5. The second-order valence-electron chi connectivity index (χ2n) is 10.6. The van der Waals surface area contributed by atoms with E-state index >= 15 is 0 Å². The fourth-order valence-corrected chi connectivity index (χ4v) is 3.98. The molecule has 0 bridgehead atoms. The van der Waals surface area contributed by atoms with E-state index in [0.717, 1.165) is 30.3 Å². The topological polar surface area (TPSA) is 226 Å². The van der Waals surface area contributed by atoms with Crippen molar-refractivity contribution in [1.29, 1.82) is 0 Å². The van der Waals surface area contributed by atoms with Gasteiger partial charge in [0.05, 0.1) is 17.2 Å². The van der Waals surface area contributed by atoms with Crippen LogP contribution in [0.1, 0.15) is 36.0 Å². The standard InChI is InChI=1S/C27H35BF6N6O6/c29-26(30,31)16-4-1-15(2-5-16)3-7-21(24(43)39-19-10-17(27(32,33)34)9-18(11-19)28(45)46)40-23(42)20(37)6-8-22(41)38-14-25(44,12-35)13-36/h1-2,4-5,9-11,20-21,44-46H,3,6-8,12-14,35-37H2,(H,38,41)(H,39,43)(H,40,42). The molecule has 2 unspecified atom stereocenters. The summed E-state index contributed by atoms with van der Waals surface area (Å²) in [5.74, 6) is -2.59. The average Bonchev–Trinajstić information content (AvgIpc) is 2.99. The fraction of sp³-hybridized carbons (Fsp3) is 0.444. The van der Waals surface area contributed by atoms with Gasteiger partial charge < -0.3 is 48.3 Å². The number of carbonyl (C=O) groups is 3. The Balaban J connectivity index is 2.21. The summed E-state index contributed by atoms with van der Waals surface area (Å²) in [6, 6.07) is 2.95. The van der Waals surface area contributed by atoms with Crippen molar-refractivity contribution in [2.24, 2.45) is 17.2 Å². The summed E-state index contributed by atoms with van der Waals surface area (Å²) < 4.78 is 78.9. The molecule has 3 amide bonds. The first-order valence-corrected chi connectivity index (χ1v) is 13.8. The number of aliphatic hydroxyl groups is 1. The van der Waals surface area contributed by atoms with Crippen molar-refractivity contribution < 1.29 is 55.9 Å². The lowest BCUT2D eigenvalue weighted by Crippen LogP contribution is -2.53. The minimum Gasteiger partial charge on any atom is -0.423 e. The Morgan fingerprint density at radius 3 is 1.96 bits per heavy atom. The highest BCUT2D eigenvalue weighted by Crippen LogP contribution is 2.31. The van der Waals surface area contributed by atoms with E-state index < -0.39 is 77.2 Å². The number of nitrogens with one attached hydrogen (secondary N) is 3. The van der Waals surface area contributed by atoms with Crippen molar-refractivity contribution in [2.75, 3.05) is 25.0 Å². The number of nitrogens with two attached hydrogens (primary N) is 3. The molecule has 0 aliphatic heterocycles. The van der Waals surface area contributed by atoms with Gasteiger partial charge >= 0.3 is 19.5 Å². The van der Waals surface area contributed by atoms with Crippen molar-refractivity contribution >= 4 is 36.0 Å². The molecule has 0 heterocycles. The summed E-state index contributed by atoms with van der Waals surface area (Å²) in [5, 5.41) is 35.8. The smallest absolute Gasteiger partial charge is 0.423 e. The molecule has 0 saturated heterocycles. The van der Waals surface area contributed by atoms with Crippen LogP contribution < -0.4 is 38.6 Å². The minimum atomic E-state index is -4.92. The zero-order valence-corrected chi connectivity index (χ0v) is 24.3. The molecule has 0 radical (unpaired) electrons. The van der Waals surface area contributed by atoms with Crippen LogP contribution in [0.25, 0.3) is 0 Å². The molecule has 2 atom stereocenters. The highest BCUT2D eigenvalue weighted by Gasteiger charge is 2.33. The quantitative estimate of drug-likeness (QED) is 0.0869. The third-order valence-corrected chi connectivity index (χ3v) is 6.88. The summed E-state index contributed by atoms with van der Waals surface area (Å²) in [7, 11) is -2.32.